The summed E-state index contributed by atoms with van der Waals surface area (Å²) in [5.74, 6) is 0.172. The molecule has 5 rings (SSSR count). The minimum atomic E-state index is -0.804. The molecule has 3 amide bonds. The smallest absolute Gasteiger partial charge is 0.329 e. The van der Waals surface area contributed by atoms with Gasteiger partial charge in [-0.15, -0.1) is 0 Å². The molecule has 1 saturated heterocycles. The van der Waals surface area contributed by atoms with Gasteiger partial charge in [-0.2, -0.15) is 5.26 Å². The van der Waals surface area contributed by atoms with Gasteiger partial charge in [-0.3, -0.25) is 9.69 Å². The zero-order valence-corrected chi connectivity index (χ0v) is 22.5. The number of urea groups is 1. The van der Waals surface area contributed by atoms with Crippen molar-refractivity contribution in [1.82, 2.24) is 20.2 Å². The quantitative estimate of drug-likeness (QED) is 0.327. The lowest BCUT2D eigenvalue weighted by molar-refractivity contribution is -0.128. The predicted molar refractivity (Wildman–Crippen MR) is 154 cm³/mol. The van der Waals surface area contributed by atoms with Crippen molar-refractivity contribution in [2.24, 2.45) is 5.92 Å². The Kier molecular flexibility index (Phi) is 7.92. The first-order valence-electron chi connectivity index (χ1n) is 13.5. The number of anilines is 2. The summed E-state index contributed by atoms with van der Waals surface area (Å²) in [7, 11) is 0. The Morgan fingerprint density at radius 2 is 1.70 bits per heavy atom. The van der Waals surface area contributed by atoms with Crippen molar-refractivity contribution >= 4 is 23.3 Å². The summed E-state index contributed by atoms with van der Waals surface area (Å²) in [6.45, 7) is 2.85. The number of H-pyrrole nitrogens is 1. The summed E-state index contributed by atoms with van der Waals surface area (Å²) in [6, 6.07) is 28.5. The number of hydrogen-bond donors (Lipinski definition) is 2. The predicted octanol–water partition coefficient (Wildman–Crippen LogP) is 5.53. The van der Waals surface area contributed by atoms with Gasteiger partial charge in [0.1, 0.15) is 5.82 Å². The van der Waals surface area contributed by atoms with Crippen molar-refractivity contribution < 1.29 is 9.59 Å². The number of rotatable bonds is 7. The van der Waals surface area contributed by atoms with Crippen molar-refractivity contribution in [1.29, 1.82) is 5.26 Å². The van der Waals surface area contributed by atoms with Crippen LogP contribution in [0.4, 0.5) is 16.2 Å². The van der Waals surface area contributed by atoms with E-state index in [-0.39, 0.29) is 17.9 Å². The third-order valence-electron chi connectivity index (χ3n) is 7.34. The van der Waals surface area contributed by atoms with Crippen LogP contribution in [0.25, 0.3) is 0 Å². The first-order chi connectivity index (χ1) is 19.5. The van der Waals surface area contributed by atoms with Crippen LogP contribution in [0.3, 0.4) is 0 Å². The number of nitrogens with zero attached hydrogens (tertiary/aromatic N) is 4. The Balaban J connectivity index is 1.34. The van der Waals surface area contributed by atoms with Gasteiger partial charge in [0.2, 0.25) is 5.91 Å². The second kappa shape index (κ2) is 11.9. The molecule has 0 spiro atoms. The van der Waals surface area contributed by atoms with Crippen LogP contribution in [-0.2, 0) is 16.8 Å². The molecule has 1 aliphatic rings. The van der Waals surface area contributed by atoms with E-state index in [0.29, 0.717) is 37.3 Å². The molecule has 2 N–H and O–H groups in total. The average Bonchev–Trinajstić information content (AvgIpc) is 3.55. The number of imidazole rings is 1. The van der Waals surface area contributed by atoms with E-state index in [9.17, 15) is 9.59 Å². The number of amides is 3. The minimum absolute atomic E-state index is 0.115. The number of hydrogen-bond acceptors (Lipinski definition) is 4. The molecule has 8 heteroatoms. The van der Waals surface area contributed by atoms with Crippen LogP contribution in [0.2, 0.25) is 0 Å². The number of piperidine rings is 1. The largest absolute Gasteiger partial charge is 0.347 e. The van der Waals surface area contributed by atoms with Gasteiger partial charge >= 0.3 is 6.03 Å². The highest BCUT2D eigenvalue weighted by Crippen LogP contribution is 2.30. The molecule has 4 aromatic rings. The number of aromatic nitrogens is 2. The van der Waals surface area contributed by atoms with Gasteiger partial charge in [0.15, 0.2) is 0 Å². The Bertz CT molecular complexity index is 1430. The minimum Gasteiger partial charge on any atom is -0.347 e. The van der Waals surface area contributed by atoms with E-state index >= 15 is 0 Å². The van der Waals surface area contributed by atoms with E-state index in [4.69, 9.17) is 5.26 Å². The lowest BCUT2D eigenvalue weighted by Gasteiger charge is -2.37. The molecular weight excluding hydrogens is 500 g/mol. The molecule has 0 radical (unpaired) electrons. The summed E-state index contributed by atoms with van der Waals surface area (Å²) < 4.78 is 0. The SMILES string of the molecule is CC(Cc1ccc(C#N)cc1)(NC(=O)[C@H]1CCCN(C(=O)N(c2ccccc2)c2ccccc2)C1)c1ncc[nH]1. The Morgan fingerprint density at radius 3 is 2.27 bits per heavy atom. The molecule has 202 valence electrons. The van der Waals surface area contributed by atoms with E-state index in [1.165, 1.54) is 0 Å². The van der Waals surface area contributed by atoms with Crippen molar-refractivity contribution in [3.63, 3.8) is 0 Å². The van der Waals surface area contributed by atoms with E-state index < -0.39 is 5.54 Å². The van der Waals surface area contributed by atoms with Gasteiger partial charge in [-0.1, -0.05) is 48.5 Å². The van der Waals surface area contributed by atoms with E-state index in [0.717, 1.165) is 23.4 Å². The van der Waals surface area contributed by atoms with E-state index in [1.807, 2.05) is 79.7 Å². The lowest BCUT2D eigenvalue weighted by atomic mass is 9.89. The molecule has 1 fully saturated rings. The van der Waals surface area contributed by atoms with Crippen LogP contribution in [-0.4, -0.2) is 39.9 Å². The fraction of sp³-hybridized carbons (Fsp3) is 0.250. The van der Waals surface area contributed by atoms with Crippen LogP contribution in [0.1, 0.15) is 36.7 Å². The number of likely N-dealkylation sites (tertiary alicyclic amines) is 1. The summed E-state index contributed by atoms with van der Waals surface area (Å²) in [5.41, 5.74) is 2.30. The standard InChI is InChI=1S/C32H32N6O2/c1-32(30-34-18-19-35-30,21-24-14-16-25(22-33)17-15-24)36-29(39)26-9-8-20-37(23-26)31(40)38(27-10-4-2-5-11-27)28-12-6-3-7-13-28/h2-7,10-19,26H,8-9,20-21,23H2,1H3,(H,34,35)(H,36,39)/t26-,32?/m0/s1. The number of carbonyl (C=O) groups is 2. The van der Waals surface area contributed by atoms with Crippen LogP contribution < -0.4 is 10.2 Å². The van der Waals surface area contributed by atoms with Gasteiger partial charge < -0.3 is 15.2 Å². The lowest BCUT2D eigenvalue weighted by Crippen LogP contribution is -2.53. The highest BCUT2D eigenvalue weighted by atomic mass is 16.2. The number of para-hydroxylation sites is 2. The van der Waals surface area contributed by atoms with E-state index in [1.54, 1.807) is 34.3 Å². The summed E-state index contributed by atoms with van der Waals surface area (Å²) in [6.07, 6.45) is 5.32. The summed E-state index contributed by atoms with van der Waals surface area (Å²) in [4.78, 5) is 38.7. The van der Waals surface area contributed by atoms with Crippen molar-refractivity contribution in [2.75, 3.05) is 18.0 Å². The van der Waals surface area contributed by atoms with E-state index in [2.05, 4.69) is 21.4 Å². The molecule has 40 heavy (non-hydrogen) atoms. The fourth-order valence-electron chi connectivity index (χ4n) is 5.26. The first-order valence-corrected chi connectivity index (χ1v) is 13.5. The van der Waals surface area contributed by atoms with Gasteiger partial charge in [0.25, 0.3) is 0 Å². The number of nitrogens with one attached hydrogen (secondary N) is 2. The number of nitriles is 1. The highest BCUT2D eigenvalue weighted by Gasteiger charge is 2.37. The topological polar surface area (TPSA) is 105 Å². The van der Waals surface area contributed by atoms with Gasteiger partial charge in [0, 0.05) is 31.9 Å². The maximum absolute atomic E-state index is 13.9. The first kappa shape index (κ1) is 26.7. The summed E-state index contributed by atoms with van der Waals surface area (Å²) >= 11 is 0. The molecule has 0 aliphatic carbocycles. The third kappa shape index (κ3) is 5.89. The molecule has 1 aliphatic heterocycles. The highest BCUT2D eigenvalue weighted by molar-refractivity contribution is 5.99. The van der Waals surface area contributed by atoms with Crippen LogP contribution in [0, 0.1) is 17.2 Å². The van der Waals surface area contributed by atoms with Crippen LogP contribution in [0.5, 0.6) is 0 Å². The molecule has 2 heterocycles. The van der Waals surface area contributed by atoms with Crippen molar-refractivity contribution in [2.45, 2.75) is 31.7 Å². The zero-order valence-electron chi connectivity index (χ0n) is 22.5. The molecule has 3 aromatic carbocycles. The molecule has 1 unspecified atom stereocenters. The number of carbonyl (C=O) groups excluding carboxylic acids is 2. The molecule has 2 atom stereocenters. The molecular formula is C32H32N6O2. The fourth-order valence-corrected chi connectivity index (χ4v) is 5.26. The van der Waals surface area contributed by atoms with Crippen LogP contribution in [0.15, 0.2) is 97.3 Å². The zero-order chi connectivity index (χ0) is 28.0. The number of benzene rings is 3. The average molecular weight is 533 g/mol. The molecule has 0 saturated carbocycles. The molecule has 1 aromatic heterocycles. The van der Waals surface area contributed by atoms with Crippen molar-refractivity contribution in [3.8, 4) is 6.07 Å². The van der Waals surface area contributed by atoms with Gasteiger partial charge in [0.05, 0.1) is 34.5 Å². The van der Waals surface area contributed by atoms with Crippen molar-refractivity contribution in [3.05, 3.63) is 114 Å². The maximum atomic E-state index is 13.9. The monoisotopic (exact) mass is 532 g/mol. The Hall–Kier alpha value is -4.90. The van der Waals surface area contributed by atoms with Crippen LogP contribution >= 0.6 is 0 Å². The summed E-state index contributed by atoms with van der Waals surface area (Å²) in [5, 5.41) is 12.4. The molecule has 8 nitrogen and oxygen atoms in total. The molecule has 0 bridgehead atoms. The maximum Gasteiger partial charge on any atom is 0.329 e. The second-order valence-electron chi connectivity index (χ2n) is 10.3. The third-order valence-corrected chi connectivity index (χ3v) is 7.34. The Labute approximate surface area is 234 Å². The van der Waals surface area contributed by atoms with Gasteiger partial charge in [-0.05, 0) is 61.7 Å². The second-order valence-corrected chi connectivity index (χ2v) is 10.3. The normalized spacial score (nSPS) is 16.4. The Morgan fingerprint density at radius 1 is 1.05 bits per heavy atom. The van der Waals surface area contributed by atoms with Gasteiger partial charge in [-0.25, -0.2) is 9.78 Å². The number of aromatic amines is 1.